The average Bonchev–Trinajstić information content (AvgIpc) is 2.57. The molecule has 2 aromatic carbocycles. The van der Waals surface area contributed by atoms with Crippen LogP contribution in [0.1, 0.15) is 5.56 Å². The number of anilines is 1. The van der Waals surface area contributed by atoms with E-state index >= 15 is 0 Å². The van der Waals surface area contributed by atoms with Gasteiger partial charge < -0.3 is 4.90 Å². The summed E-state index contributed by atoms with van der Waals surface area (Å²) in [5.41, 5.74) is 2.32. The molecule has 1 heterocycles. The molecule has 0 saturated carbocycles. The van der Waals surface area contributed by atoms with Crippen molar-refractivity contribution in [2.45, 2.75) is 11.8 Å². The molecule has 7 heteroatoms. The summed E-state index contributed by atoms with van der Waals surface area (Å²) < 4.78 is 27.0. The Morgan fingerprint density at radius 1 is 0.917 bits per heavy atom. The molecule has 2 aromatic rings. The SMILES string of the molecule is Cc1cccc(N2CCN(S(=O)(=O)c3ccc(Cl)c(Cl)c3)CC2)c1. The number of halogens is 2. The summed E-state index contributed by atoms with van der Waals surface area (Å²) in [6.07, 6.45) is 0. The molecule has 1 fully saturated rings. The number of aryl methyl sites for hydroxylation is 1. The Balaban J connectivity index is 1.74. The summed E-state index contributed by atoms with van der Waals surface area (Å²) in [6.45, 7) is 4.25. The Labute approximate surface area is 152 Å². The molecule has 0 unspecified atom stereocenters. The number of rotatable bonds is 3. The molecule has 0 N–H and O–H groups in total. The van der Waals surface area contributed by atoms with Crippen LogP contribution in [0.3, 0.4) is 0 Å². The third-order valence-corrected chi connectivity index (χ3v) is 6.77. The molecule has 0 atom stereocenters. The van der Waals surface area contributed by atoms with Crippen molar-refractivity contribution in [1.82, 2.24) is 4.31 Å². The highest BCUT2D eigenvalue weighted by molar-refractivity contribution is 7.89. The van der Waals surface area contributed by atoms with Crippen molar-refractivity contribution >= 4 is 38.9 Å². The second-order valence-electron chi connectivity index (χ2n) is 5.81. The zero-order valence-electron chi connectivity index (χ0n) is 13.2. The van der Waals surface area contributed by atoms with E-state index < -0.39 is 10.0 Å². The molecule has 3 rings (SSSR count). The number of sulfonamides is 1. The lowest BCUT2D eigenvalue weighted by Crippen LogP contribution is -2.48. The number of benzene rings is 2. The van der Waals surface area contributed by atoms with Gasteiger partial charge in [-0.3, -0.25) is 0 Å². The highest BCUT2D eigenvalue weighted by Gasteiger charge is 2.29. The molecule has 4 nitrogen and oxygen atoms in total. The molecule has 0 amide bonds. The Morgan fingerprint density at radius 2 is 1.62 bits per heavy atom. The first-order valence-electron chi connectivity index (χ1n) is 7.65. The first-order chi connectivity index (χ1) is 11.4. The van der Waals surface area contributed by atoms with Crippen LogP contribution in [0, 0.1) is 6.92 Å². The van der Waals surface area contributed by atoms with Gasteiger partial charge in [-0.1, -0.05) is 35.3 Å². The molecule has 0 aromatic heterocycles. The zero-order chi connectivity index (χ0) is 17.3. The topological polar surface area (TPSA) is 40.6 Å². The molecule has 1 aliphatic heterocycles. The third-order valence-electron chi connectivity index (χ3n) is 4.13. The van der Waals surface area contributed by atoms with E-state index in [-0.39, 0.29) is 9.92 Å². The Kier molecular flexibility index (Phi) is 5.06. The van der Waals surface area contributed by atoms with E-state index in [1.165, 1.54) is 28.1 Å². The van der Waals surface area contributed by atoms with E-state index in [1.807, 2.05) is 6.07 Å². The maximum atomic E-state index is 12.8. The van der Waals surface area contributed by atoms with Crippen molar-refractivity contribution in [2.24, 2.45) is 0 Å². The predicted octanol–water partition coefficient (Wildman–Crippen LogP) is 3.81. The summed E-state index contributed by atoms with van der Waals surface area (Å²) >= 11 is 11.8. The van der Waals surface area contributed by atoms with Crippen molar-refractivity contribution in [3.05, 3.63) is 58.1 Å². The summed E-state index contributed by atoms with van der Waals surface area (Å²) in [5, 5.41) is 0.594. The predicted molar refractivity (Wildman–Crippen MR) is 98.6 cm³/mol. The van der Waals surface area contributed by atoms with Crippen LogP contribution < -0.4 is 4.90 Å². The summed E-state index contributed by atoms with van der Waals surface area (Å²) in [4.78, 5) is 2.38. The van der Waals surface area contributed by atoms with Crippen LogP contribution in [-0.4, -0.2) is 38.9 Å². The second kappa shape index (κ2) is 6.92. The number of hydrogen-bond donors (Lipinski definition) is 0. The molecular weight excluding hydrogens is 367 g/mol. The van der Waals surface area contributed by atoms with Gasteiger partial charge in [-0.05, 0) is 42.8 Å². The molecule has 128 valence electrons. The molecule has 0 radical (unpaired) electrons. The van der Waals surface area contributed by atoms with E-state index in [1.54, 1.807) is 0 Å². The number of piperazine rings is 1. The van der Waals surface area contributed by atoms with Crippen LogP contribution in [0.15, 0.2) is 47.4 Å². The van der Waals surface area contributed by atoms with Gasteiger partial charge in [-0.2, -0.15) is 4.31 Å². The van der Waals surface area contributed by atoms with Gasteiger partial charge in [0, 0.05) is 31.9 Å². The van der Waals surface area contributed by atoms with Crippen molar-refractivity contribution in [3.8, 4) is 0 Å². The van der Waals surface area contributed by atoms with Gasteiger partial charge in [0.05, 0.1) is 14.9 Å². The fraction of sp³-hybridized carbons (Fsp3) is 0.294. The maximum Gasteiger partial charge on any atom is 0.243 e. The molecule has 1 saturated heterocycles. The molecule has 0 bridgehead atoms. The first-order valence-corrected chi connectivity index (χ1v) is 9.84. The molecule has 24 heavy (non-hydrogen) atoms. The van der Waals surface area contributed by atoms with Gasteiger partial charge in [0.2, 0.25) is 10.0 Å². The average molecular weight is 385 g/mol. The van der Waals surface area contributed by atoms with Crippen molar-refractivity contribution in [3.63, 3.8) is 0 Å². The Bertz CT molecular complexity index is 847. The summed E-state index contributed by atoms with van der Waals surface area (Å²) in [6, 6.07) is 12.7. The van der Waals surface area contributed by atoms with Crippen molar-refractivity contribution in [1.29, 1.82) is 0 Å². The lowest BCUT2D eigenvalue weighted by atomic mass is 10.2. The van der Waals surface area contributed by atoms with E-state index in [0.29, 0.717) is 31.2 Å². The highest BCUT2D eigenvalue weighted by atomic mass is 35.5. The lowest BCUT2D eigenvalue weighted by molar-refractivity contribution is 0.385. The van der Waals surface area contributed by atoms with E-state index in [2.05, 4.69) is 30.0 Å². The van der Waals surface area contributed by atoms with Crippen LogP contribution in [-0.2, 0) is 10.0 Å². The minimum Gasteiger partial charge on any atom is -0.369 e. The minimum atomic E-state index is -3.55. The molecule has 1 aliphatic rings. The van der Waals surface area contributed by atoms with Crippen LogP contribution in [0.5, 0.6) is 0 Å². The van der Waals surface area contributed by atoms with Crippen molar-refractivity contribution < 1.29 is 8.42 Å². The van der Waals surface area contributed by atoms with Crippen LogP contribution in [0.25, 0.3) is 0 Å². The number of hydrogen-bond acceptors (Lipinski definition) is 3. The second-order valence-corrected chi connectivity index (χ2v) is 8.56. The van der Waals surface area contributed by atoms with Crippen LogP contribution >= 0.6 is 23.2 Å². The number of nitrogens with zero attached hydrogens (tertiary/aromatic N) is 2. The lowest BCUT2D eigenvalue weighted by Gasteiger charge is -2.35. The van der Waals surface area contributed by atoms with Gasteiger partial charge in [0.25, 0.3) is 0 Å². The Hall–Kier alpha value is -1.27. The Morgan fingerprint density at radius 3 is 2.25 bits per heavy atom. The van der Waals surface area contributed by atoms with Crippen LogP contribution in [0.4, 0.5) is 5.69 Å². The first kappa shape index (κ1) is 17.5. The van der Waals surface area contributed by atoms with Gasteiger partial charge in [-0.15, -0.1) is 0 Å². The third kappa shape index (κ3) is 3.54. The normalized spacial score (nSPS) is 16.4. The largest absolute Gasteiger partial charge is 0.369 e. The summed E-state index contributed by atoms with van der Waals surface area (Å²) in [7, 11) is -3.55. The highest BCUT2D eigenvalue weighted by Crippen LogP contribution is 2.27. The zero-order valence-corrected chi connectivity index (χ0v) is 15.6. The maximum absolute atomic E-state index is 12.8. The van der Waals surface area contributed by atoms with Gasteiger partial charge in [0.1, 0.15) is 0 Å². The fourth-order valence-electron chi connectivity index (χ4n) is 2.80. The molecule has 0 spiro atoms. The van der Waals surface area contributed by atoms with Gasteiger partial charge in [0.15, 0.2) is 0 Å². The smallest absolute Gasteiger partial charge is 0.243 e. The monoisotopic (exact) mass is 384 g/mol. The van der Waals surface area contributed by atoms with E-state index in [4.69, 9.17) is 23.2 Å². The van der Waals surface area contributed by atoms with Gasteiger partial charge in [-0.25, -0.2) is 8.42 Å². The van der Waals surface area contributed by atoms with E-state index in [9.17, 15) is 8.42 Å². The quantitative estimate of drug-likeness (QED) is 0.807. The van der Waals surface area contributed by atoms with Crippen molar-refractivity contribution in [2.75, 3.05) is 31.1 Å². The van der Waals surface area contributed by atoms with Gasteiger partial charge >= 0.3 is 0 Å². The standard InChI is InChI=1S/C17H18Cl2N2O2S/c1-13-3-2-4-14(11-13)20-7-9-21(10-8-20)24(22,23)15-5-6-16(18)17(19)12-15/h2-6,11-12H,7-10H2,1H3. The summed E-state index contributed by atoms with van der Waals surface area (Å²) in [5.74, 6) is 0. The van der Waals surface area contributed by atoms with Crippen LogP contribution in [0.2, 0.25) is 10.0 Å². The molecule has 0 aliphatic carbocycles. The fourth-order valence-corrected chi connectivity index (χ4v) is 4.61. The minimum absolute atomic E-state index is 0.181. The molecular formula is C17H18Cl2N2O2S. The van der Waals surface area contributed by atoms with E-state index in [0.717, 1.165) is 5.69 Å².